The number of aliphatic hydroxyl groups is 2. The van der Waals surface area contributed by atoms with Gasteiger partial charge in [-0.15, -0.1) is 0 Å². The Balaban J connectivity index is 0.00000147. The van der Waals surface area contributed by atoms with Gasteiger partial charge in [0.2, 0.25) is 5.95 Å². The average Bonchev–Trinajstić information content (AvgIpc) is 2.92. The summed E-state index contributed by atoms with van der Waals surface area (Å²) in [6, 6.07) is 0. The Morgan fingerprint density at radius 1 is 1.60 bits per heavy atom. The number of imidazole rings is 1. The van der Waals surface area contributed by atoms with Gasteiger partial charge in [-0.1, -0.05) is 0 Å². The van der Waals surface area contributed by atoms with E-state index in [1.807, 2.05) is 0 Å². The van der Waals surface area contributed by atoms with Gasteiger partial charge in [-0.05, 0) is 6.10 Å². The molecule has 0 amide bonds. The van der Waals surface area contributed by atoms with Crippen molar-refractivity contribution in [1.82, 2.24) is 19.5 Å². The van der Waals surface area contributed by atoms with Crippen molar-refractivity contribution in [2.75, 3.05) is 12.3 Å². The molecule has 1 fully saturated rings. The maximum absolute atomic E-state index is 11.6. The first-order valence-corrected chi connectivity index (χ1v) is 5.62. The second-order valence-electron chi connectivity index (χ2n) is 4.21. The third kappa shape index (κ3) is 2.51. The normalized spacial score (nSPS) is 25.8. The van der Waals surface area contributed by atoms with Crippen LogP contribution in [0.5, 0.6) is 0 Å². The van der Waals surface area contributed by atoms with Crippen LogP contribution in [0.2, 0.25) is 0 Å². The fourth-order valence-corrected chi connectivity index (χ4v) is 2.04. The maximum Gasteiger partial charge on any atom is 0.280 e. The van der Waals surface area contributed by atoms with Crippen LogP contribution >= 0.6 is 0 Å². The second kappa shape index (κ2) is 5.86. The smallest absolute Gasteiger partial charge is 0.280 e. The number of nitrogen functional groups attached to an aromatic ring is 1. The molecule has 0 bridgehead atoms. The van der Waals surface area contributed by atoms with Gasteiger partial charge in [0.25, 0.3) is 5.56 Å². The standard InChI is InChI=1S/C10H12N5O4.Y/c11-10-13-8-7(9(18)14-10)12-3-15(8)6-1-4(17)5(2-16)19-6;/h1,3-6,16-17H,2H2,(H3,11,13,14,18);/q-1;/t4-,5-,6-;/m1./s1. The van der Waals surface area contributed by atoms with Crippen LogP contribution in [-0.4, -0.2) is 48.5 Å². The van der Waals surface area contributed by atoms with E-state index in [0.29, 0.717) is 0 Å². The molecule has 1 saturated heterocycles. The molecule has 3 atom stereocenters. The van der Waals surface area contributed by atoms with E-state index < -0.39 is 24.0 Å². The fourth-order valence-electron chi connectivity index (χ4n) is 2.04. The Kier molecular flexibility index (Phi) is 4.55. The molecule has 0 saturated carbocycles. The number of hydrogen-bond donors (Lipinski definition) is 4. The summed E-state index contributed by atoms with van der Waals surface area (Å²) in [7, 11) is 0. The summed E-state index contributed by atoms with van der Waals surface area (Å²) in [6.07, 6.45) is 0.598. The minimum Gasteiger partial charge on any atom is -0.422 e. The molecule has 0 aliphatic carbocycles. The van der Waals surface area contributed by atoms with E-state index in [4.69, 9.17) is 15.6 Å². The van der Waals surface area contributed by atoms with Gasteiger partial charge in [-0.3, -0.25) is 9.78 Å². The molecule has 0 unspecified atom stereocenters. The van der Waals surface area contributed by atoms with E-state index in [1.54, 1.807) is 0 Å². The van der Waals surface area contributed by atoms with Crippen LogP contribution in [0, 0.1) is 6.42 Å². The number of nitrogens with one attached hydrogen (secondary N) is 1. The van der Waals surface area contributed by atoms with E-state index in [2.05, 4.69) is 15.0 Å². The summed E-state index contributed by atoms with van der Waals surface area (Å²) < 4.78 is 6.90. The molecular weight excluding hydrogens is 343 g/mol. The van der Waals surface area contributed by atoms with E-state index in [0.717, 1.165) is 0 Å². The molecule has 0 spiro atoms. The van der Waals surface area contributed by atoms with Crippen molar-refractivity contribution in [3.63, 3.8) is 0 Å². The van der Waals surface area contributed by atoms with Crippen molar-refractivity contribution in [1.29, 1.82) is 0 Å². The van der Waals surface area contributed by atoms with Crippen LogP contribution in [0.15, 0.2) is 11.1 Å². The number of aliphatic hydroxyl groups excluding tert-OH is 2. The van der Waals surface area contributed by atoms with Gasteiger partial charge in [0, 0.05) is 38.9 Å². The molecule has 1 aliphatic heterocycles. The first-order chi connectivity index (χ1) is 9.10. The number of hydrogen-bond acceptors (Lipinski definition) is 7. The first-order valence-electron chi connectivity index (χ1n) is 5.62. The third-order valence-corrected chi connectivity index (χ3v) is 2.96. The largest absolute Gasteiger partial charge is 0.422 e. The van der Waals surface area contributed by atoms with Crippen molar-refractivity contribution in [3.05, 3.63) is 23.1 Å². The van der Waals surface area contributed by atoms with E-state index in [9.17, 15) is 9.90 Å². The van der Waals surface area contributed by atoms with Crippen molar-refractivity contribution in [2.45, 2.75) is 18.4 Å². The van der Waals surface area contributed by atoms with Gasteiger partial charge in [0.15, 0.2) is 11.2 Å². The molecule has 3 rings (SSSR count). The van der Waals surface area contributed by atoms with Gasteiger partial charge >= 0.3 is 0 Å². The Morgan fingerprint density at radius 2 is 2.35 bits per heavy atom. The maximum atomic E-state index is 11.6. The number of rotatable bonds is 2. The molecule has 1 aliphatic rings. The summed E-state index contributed by atoms with van der Waals surface area (Å²) in [5, 5.41) is 18.7. The Hall–Kier alpha value is -0.866. The van der Waals surface area contributed by atoms with E-state index in [-0.39, 0.29) is 56.4 Å². The number of ether oxygens (including phenoxy) is 1. The second-order valence-corrected chi connectivity index (χ2v) is 4.21. The minimum absolute atomic E-state index is 0. The molecule has 20 heavy (non-hydrogen) atoms. The van der Waals surface area contributed by atoms with E-state index >= 15 is 0 Å². The molecule has 3 heterocycles. The number of anilines is 1. The van der Waals surface area contributed by atoms with Crippen LogP contribution in [0.1, 0.15) is 6.23 Å². The zero-order valence-electron chi connectivity index (χ0n) is 10.3. The molecule has 105 valence electrons. The molecule has 9 nitrogen and oxygen atoms in total. The number of aromatic amines is 1. The number of H-pyrrole nitrogens is 1. The summed E-state index contributed by atoms with van der Waals surface area (Å²) in [4.78, 5) is 21.9. The zero-order chi connectivity index (χ0) is 13.6. The fraction of sp³-hybridized carbons (Fsp3) is 0.400. The Bertz CT molecular complexity index is 671. The number of aromatic nitrogens is 4. The van der Waals surface area contributed by atoms with Crippen LogP contribution in [0.25, 0.3) is 11.2 Å². The van der Waals surface area contributed by atoms with Gasteiger partial charge in [-0.2, -0.15) is 4.98 Å². The first kappa shape index (κ1) is 15.5. The summed E-state index contributed by atoms with van der Waals surface area (Å²) >= 11 is 0. The monoisotopic (exact) mass is 355 g/mol. The Morgan fingerprint density at radius 3 is 3.00 bits per heavy atom. The number of nitrogens with zero attached hydrogens (tertiary/aromatic N) is 3. The third-order valence-electron chi connectivity index (χ3n) is 2.96. The minimum atomic E-state index is -0.896. The predicted octanol–water partition coefficient (Wildman–Crippen LogP) is -1.85. The summed E-state index contributed by atoms with van der Waals surface area (Å²) in [6.45, 7) is -0.309. The van der Waals surface area contributed by atoms with Crippen molar-refractivity contribution >= 4 is 17.1 Å². The van der Waals surface area contributed by atoms with Crippen LogP contribution in [-0.2, 0) is 37.4 Å². The quantitative estimate of drug-likeness (QED) is 0.464. The molecule has 5 N–H and O–H groups in total. The molecule has 2 aromatic heterocycles. The molecule has 2 aromatic rings. The number of nitrogens with two attached hydrogens (primary N) is 1. The summed E-state index contributed by atoms with van der Waals surface area (Å²) in [5.41, 5.74) is 5.43. The molecular formula is C10H12N5O4Y-. The van der Waals surface area contributed by atoms with E-state index in [1.165, 1.54) is 17.3 Å². The predicted molar refractivity (Wildman–Crippen MR) is 63.9 cm³/mol. The van der Waals surface area contributed by atoms with Crippen molar-refractivity contribution in [3.8, 4) is 0 Å². The molecule has 1 radical (unpaired) electrons. The van der Waals surface area contributed by atoms with Crippen molar-refractivity contribution in [2.24, 2.45) is 0 Å². The van der Waals surface area contributed by atoms with Gasteiger partial charge in [0.05, 0.1) is 19.0 Å². The van der Waals surface area contributed by atoms with Gasteiger partial charge in [-0.25, -0.2) is 11.4 Å². The van der Waals surface area contributed by atoms with Crippen LogP contribution in [0.4, 0.5) is 5.95 Å². The van der Waals surface area contributed by atoms with Gasteiger partial charge < -0.3 is 25.3 Å². The van der Waals surface area contributed by atoms with Gasteiger partial charge in [0.1, 0.15) is 0 Å². The molecule has 0 aromatic carbocycles. The topological polar surface area (TPSA) is 139 Å². The summed E-state index contributed by atoms with van der Waals surface area (Å²) in [5.74, 6) is -0.0310. The number of fused-ring (bicyclic) bond motifs is 1. The zero-order valence-corrected chi connectivity index (χ0v) is 13.1. The SMILES string of the molecule is Nc1nc2c(ncn2[C@H]2[CH-][C@@H](O)[C@@H](CO)O2)c(=O)[nH]1.[Y]. The van der Waals surface area contributed by atoms with Crippen LogP contribution in [0.3, 0.4) is 0 Å². The van der Waals surface area contributed by atoms with Crippen LogP contribution < -0.4 is 11.3 Å². The average molecular weight is 355 g/mol. The molecule has 10 heteroatoms. The van der Waals surface area contributed by atoms with Crippen molar-refractivity contribution < 1.29 is 47.7 Å². The Labute approximate surface area is 138 Å².